The van der Waals surface area contributed by atoms with Crippen molar-refractivity contribution in [2.24, 2.45) is 0 Å². The van der Waals surface area contributed by atoms with Crippen molar-refractivity contribution in [1.82, 2.24) is 4.98 Å². The number of carbonyl (C=O) groups is 1. The van der Waals surface area contributed by atoms with Crippen LogP contribution < -0.4 is 10.1 Å². The molecule has 0 bridgehead atoms. The number of nitrogens with one attached hydrogen (secondary N) is 1. The molecule has 1 aliphatic rings. The molecule has 5 heteroatoms. The highest BCUT2D eigenvalue weighted by Gasteiger charge is 2.29. The molecule has 0 saturated carbocycles. The Morgan fingerprint density at radius 1 is 1.40 bits per heavy atom. The molecule has 102 valence electrons. The summed E-state index contributed by atoms with van der Waals surface area (Å²) < 4.78 is 5.62. The Morgan fingerprint density at radius 2 is 2.25 bits per heavy atom. The summed E-state index contributed by atoms with van der Waals surface area (Å²) in [5, 5.41) is 12.0. The van der Waals surface area contributed by atoms with Crippen molar-refractivity contribution < 1.29 is 14.6 Å². The van der Waals surface area contributed by atoms with Crippen molar-refractivity contribution >= 4 is 11.6 Å². The zero-order valence-corrected chi connectivity index (χ0v) is 10.7. The van der Waals surface area contributed by atoms with Crippen molar-refractivity contribution in [3.63, 3.8) is 0 Å². The molecule has 1 amide bonds. The normalized spacial score (nSPS) is 16.4. The van der Waals surface area contributed by atoms with E-state index in [1.807, 2.05) is 24.3 Å². The number of anilines is 1. The summed E-state index contributed by atoms with van der Waals surface area (Å²) in [6.45, 7) is -0.149. The lowest BCUT2D eigenvalue weighted by Gasteiger charge is -2.13. The third kappa shape index (κ3) is 2.35. The molecule has 20 heavy (non-hydrogen) atoms. The molecule has 1 atom stereocenters. The lowest BCUT2D eigenvalue weighted by Crippen LogP contribution is -2.31. The molecule has 0 saturated heterocycles. The van der Waals surface area contributed by atoms with Crippen LogP contribution in [0.15, 0.2) is 42.7 Å². The van der Waals surface area contributed by atoms with Crippen molar-refractivity contribution in [2.45, 2.75) is 19.1 Å². The SMILES string of the molecule is O=C(Nc1cnccc1CO)C1Cc2ccccc2O1. The molecule has 1 aliphatic heterocycles. The number of hydrogen-bond acceptors (Lipinski definition) is 4. The lowest BCUT2D eigenvalue weighted by atomic mass is 10.1. The fraction of sp³-hybridized carbons (Fsp3) is 0.200. The maximum Gasteiger partial charge on any atom is 0.265 e. The molecule has 0 radical (unpaired) electrons. The summed E-state index contributed by atoms with van der Waals surface area (Å²) >= 11 is 0. The highest BCUT2D eigenvalue weighted by molar-refractivity contribution is 5.95. The minimum atomic E-state index is -0.542. The molecule has 2 aromatic rings. The largest absolute Gasteiger partial charge is 0.480 e. The number of aliphatic hydroxyl groups is 1. The van der Waals surface area contributed by atoms with Gasteiger partial charge in [0.1, 0.15) is 5.75 Å². The van der Waals surface area contributed by atoms with Crippen LogP contribution in [-0.2, 0) is 17.8 Å². The predicted octanol–water partition coefficient (Wildman–Crippen LogP) is 1.52. The number of rotatable bonds is 3. The highest BCUT2D eigenvalue weighted by Crippen LogP contribution is 2.28. The topological polar surface area (TPSA) is 71.5 Å². The fourth-order valence-corrected chi connectivity index (χ4v) is 2.22. The Kier molecular flexibility index (Phi) is 3.35. The second-order valence-electron chi connectivity index (χ2n) is 4.60. The van der Waals surface area contributed by atoms with E-state index in [4.69, 9.17) is 4.74 Å². The third-order valence-corrected chi connectivity index (χ3v) is 3.28. The van der Waals surface area contributed by atoms with E-state index in [-0.39, 0.29) is 12.5 Å². The maximum absolute atomic E-state index is 12.2. The van der Waals surface area contributed by atoms with Gasteiger partial charge in [-0.25, -0.2) is 0 Å². The second-order valence-corrected chi connectivity index (χ2v) is 4.60. The van der Waals surface area contributed by atoms with Crippen molar-refractivity contribution in [1.29, 1.82) is 0 Å². The van der Waals surface area contributed by atoms with Gasteiger partial charge in [-0.3, -0.25) is 9.78 Å². The fourth-order valence-electron chi connectivity index (χ4n) is 2.22. The number of para-hydroxylation sites is 1. The minimum Gasteiger partial charge on any atom is -0.480 e. The number of aliphatic hydroxyl groups excluding tert-OH is 1. The predicted molar refractivity (Wildman–Crippen MR) is 73.4 cm³/mol. The second kappa shape index (κ2) is 5.30. The maximum atomic E-state index is 12.2. The van der Waals surface area contributed by atoms with Gasteiger partial charge in [0.05, 0.1) is 18.5 Å². The molecule has 0 fully saturated rings. The quantitative estimate of drug-likeness (QED) is 0.887. The molecule has 5 nitrogen and oxygen atoms in total. The number of benzene rings is 1. The van der Waals surface area contributed by atoms with E-state index in [2.05, 4.69) is 10.3 Å². The van der Waals surface area contributed by atoms with E-state index in [1.165, 1.54) is 6.20 Å². The smallest absolute Gasteiger partial charge is 0.265 e. The van der Waals surface area contributed by atoms with Crippen LogP contribution in [0, 0.1) is 0 Å². The van der Waals surface area contributed by atoms with E-state index in [0.29, 0.717) is 17.7 Å². The summed E-state index contributed by atoms with van der Waals surface area (Å²) in [5.41, 5.74) is 2.17. The van der Waals surface area contributed by atoms with Gasteiger partial charge >= 0.3 is 0 Å². The summed E-state index contributed by atoms with van der Waals surface area (Å²) in [6.07, 6.45) is 3.10. The van der Waals surface area contributed by atoms with Gasteiger partial charge in [-0.2, -0.15) is 0 Å². The van der Waals surface area contributed by atoms with Crippen LogP contribution in [0.2, 0.25) is 0 Å². The summed E-state index contributed by atoms with van der Waals surface area (Å²) in [6, 6.07) is 9.27. The van der Waals surface area contributed by atoms with E-state index >= 15 is 0 Å². The van der Waals surface area contributed by atoms with E-state index < -0.39 is 6.10 Å². The van der Waals surface area contributed by atoms with Crippen LogP contribution in [0.3, 0.4) is 0 Å². The van der Waals surface area contributed by atoms with Gasteiger partial charge in [0, 0.05) is 18.2 Å². The molecular weight excluding hydrogens is 256 g/mol. The minimum absolute atomic E-state index is 0.149. The Morgan fingerprint density at radius 3 is 3.05 bits per heavy atom. The number of carbonyl (C=O) groups excluding carboxylic acids is 1. The molecule has 2 heterocycles. The van der Waals surface area contributed by atoms with E-state index in [1.54, 1.807) is 12.3 Å². The molecule has 2 N–H and O–H groups in total. The van der Waals surface area contributed by atoms with Crippen LogP contribution in [0.1, 0.15) is 11.1 Å². The lowest BCUT2D eigenvalue weighted by molar-refractivity contribution is -0.122. The third-order valence-electron chi connectivity index (χ3n) is 3.28. The summed E-state index contributed by atoms with van der Waals surface area (Å²) in [4.78, 5) is 16.2. The number of amides is 1. The average molecular weight is 270 g/mol. The van der Waals surface area contributed by atoms with Crippen LogP contribution in [0.5, 0.6) is 5.75 Å². The van der Waals surface area contributed by atoms with Crippen molar-refractivity contribution in [3.05, 3.63) is 53.9 Å². The van der Waals surface area contributed by atoms with Gasteiger partial charge < -0.3 is 15.2 Å². The Labute approximate surface area is 116 Å². The molecule has 1 aromatic carbocycles. The van der Waals surface area contributed by atoms with Crippen LogP contribution >= 0.6 is 0 Å². The molecular formula is C15H14N2O3. The molecule has 3 rings (SSSR count). The molecule has 1 aromatic heterocycles. The zero-order chi connectivity index (χ0) is 13.9. The van der Waals surface area contributed by atoms with Crippen LogP contribution in [0.4, 0.5) is 5.69 Å². The number of ether oxygens (including phenoxy) is 1. The van der Waals surface area contributed by atoms with E-state index in [9.17, 15) is 9.90 Å². The number of aromatic nitrogens is 1. The average Bonchev–Trinajstić information content (AvgIpc) is 2.92. The number of fused-ring (bicyclic) bond motifs is 1. The van der Waals surface area contributed by atoms with Gasteiger partial charge in [-0.05, 0) is 17.7 Å². The monoisotopic (exact) mass is 270 g/mol. The van der Waals surface area contributed by atoms with Crippen LogP contribution in [0.25, 0.3) is 0 Å². The Bertz CT molecular complexity index is 618. The van der Waals surface area contributed by atoms with Gasteiger partial charge in [0.25, 0.3) is 5.91 Å². The van der Waals surface area contributed by atoms with Crippen LogP contribution in [-0.4, -0.2) is 22.1 Å². The highest BCUT2D eigenvalue weighted by atomic mass is 16.5. The zero-order valence-electron chi connectivity index (χ0n) is 10.7. The summed E-state index contributed by atoms with van der Waals surface area (Å²) in [5.74, 6) is 0.519. The molecule has 0 aliphatic carbocycles. The van der Waals surface area contributed by atoms with Crippen molar-refractivity contribution in [3.8, 4) is 5.75 Å². The van der Waals surface area contributed by atoms with Gasteiger partial charge in [0.2, 0.25) is 0 Å². The Balaban J connectivity index is 1.72. The first-order valence-corrected chi connectivity index (χ1v) is 6.37. The first kappa shape index (κ1) is 12.6. The van der Waals surface area contributed by atoms with E-state index in [0.717, 1.165) is 11.3 Å². The van der Waals surface area contributed by atoms with Gasteiger partial charge in [0.15, 0.2) is 6.10 Å². The number of hydrogen-bond donors (Lipinski definition) is 2. The standard InChI is InChI=1S/C15H14N2O3/c18-9-11-5-6-16-8-12(11)17-15(19)14-7-10-3-1-2-4-13(10)20-14/h1-6,8,14,18H,7,9H2,(H,17,19). The molecule has 1 unspecified atom stereocenters. The Hall–Kier alpha value is -2.40. The van der Waals surface area contributed by atoms with Gasteiger partial charge in [-0.1, -0.05) is 18.2 Å². The van der Waals surface area contributed by atoms with Crippen molar-refractivity contribution in [2.75, 3.05) is 5.32 Å². The number of pyridine rings is 1. The first-order valence-electron chi connectivity index (χ1n) is 6.37. The first-order chi connectivity index (χ1) is 9.78. The molecule has 0 spiro atoms. The number of nitrogens with zero attached hydrogens (tertiary/aromatic N) is 1. The van der Waals surface area contributed by atoms with Gasteiger partial charge in [-0.15, -0.1) is 0 Å². The summed E-state index contributed by atoms with van der Waals surface area (Å²) in [7, 11) is 0.